The summed E-state index contributed by atoms with van der Waals surface area (Å²) >= 11 is 0. The largest absolute Gasteiger partial charge is 0.414 e. The summed E-state index contributed by atoms with van der Waals surface area (Å²) in [5, 5.41) is 8.45. The molecule has 12 heavy (non-hydrogen) atoms. The van der Waals surface area contributed by atoms with Crippen LogP contribution in [0, 0.1) is 0 Å². The lowest BCUT2D eigenvalue weighted by Crippen LogP contribution is -2.28. The number of ketones is 1. The number of hydrogen-bond acceptors (Lipinski definition) is 2. The van der Waals surface area contributed by atoms with Crippen molar-refractivity contribution < 1.29 is 23.1 Å². The van der Waals surface area contributed by atoms with Gasteiger partial charge in [-0.15, -0.1) is 0 Å². The molecule has 0 amide bonds. The van der Waals surface area contributed by atoms with Gasteiger partial charge in [-0.25, -0.2) is 0 Å². The van der Waals surface area contributed by atoms with E-state index in [0.29, 0.717) is 0 Å². The van der Waals surface area contributed by atoms with Crippen molar-refractivity contribution in [2.24, 2.45) is 0 Å². The Morgan fingerprint density at radius 1 is 1.50 bits per heavy atom. The summed E-state index contributed by atoms with van der Waals surface area (Å²) < 4.78 is 34.9. The van der Waals surface area contributed by atoms with Crippen LogP contribution in [0.4, 0.5) is 13.2 Å². The van der Waals surface area contributed by atoms with Crippen molar-refractivity contribution in [2.45, 2.75) is 38.5 Å². The fourth-order valence-corrected chi connectivity index (χ4v) is 0.638. The molecule has 0 heterocycles. The molecule has 0 aromatic carbocycles. The zero-order valence-corrected chi connectivity index (χ0v) is 6.69. The number of hydrogen-bond donors (Lipinski definition) is 1. The second kappa shape index (κ2) is 4.45. The first kappa shape index (κ1) is 11.4. The molecule has 0 saturated heterocycles. The lowest BCUT2D eigenvalue weighted by Gasteiger charge is -2.13. The van der Waals surface area contributed by atoms with Gasteiger partial charge in [0.1, 0.15) is 11.9 Å². The lowest BCUT2D eigenvalue weighted by atomic mass is 10.1. The van der Waals surface area contributed by atoms with E-state index in [1.165, 1.54) is 0 Å². The van der Waals surface area contributed by atoms with Crippen LogP contribution in [0.3, 0.4) is 0 Å². The average Bonchev–Trinajstić information content (AvgIpc) is 1.97. The molecule has 0 aromatic rings. The van der Waals surface area contributed by atoms with E-state index in [2.05, 4.69) is 0 Å². The molecule has 72 valence electrons. The van der Waals surface area contributed by atoms with Gasteiger partial charge in [0.2, 0.25) is 0 Å². The van der Waals surface area contributed by atoms with Gasteiger partial charge in [0.15, 0.2) is 0 Å². The molecule has 0 spiro atoms. The zero-order valence-electron chi connectivity index (χ0n) is 6.69. The summed E-state index contributed by atoms with van der Waals surface area (Å²) in [5.74, 6) is -0.265. The Morgan fingerprint density at radius 3 is 2.33 bits per heavy atom. The Kier molecular flexibility index (Phi) is 4.23. The topological polar surface area (TPSA) is 37.3 Å². The van der Waals surface area contributed by atoms with Crippen LogP contribution in [0.5, 0.6) is 0 Å². The van der Waals surface area contributed by atoms with Gasteiger partial charge in [0.05, 0.1) is 0 Å². The normalized spacial score (nSPS) is 14.4. The molecular formula is C7H11F3O2. The van der Waals surface area contributed by atoms with Crippen LogP contribution >= 0.6 is 0 Å². The van der Waals surface area contributed by atoms with Crippen LogP contribution < -0.4 is 0 Å². The summed E-state index contributed by atoms with van der Waals surface area (Å²) in [7, 11) is 0. The van der Waals surface area contributed by atoms with E-state index >= 15 is 0 Å². The highest BCUT2D eigenvalue weighted by Gasteiger charge is 2.37. The summed E-state index contributed by atoms with van der Waals surface area (Å²) in [6, 6.07) is 0. The predicted octanol–water partition coefficient (Wildman–Crippen LogP) is 1.67. The molecule has 0 aliphatic carbocycles. The maximum atomic E-state index is 11.6. The molecule has 0 fully saturated rings. The van der Waals surface area contributed by atoms with Crippen LogP contribution in [0.2, 0.25) is 0 Å². The molecule has 1 N–H and O–H groups in total. The lowest BCUT2D eigenvalue weighted by molar-refractivity contribution is -0.205. The van der Waals surface area contributed by atoms with Gasteiger partial charge >= 0.3 is 6.18 Å². The highest BCUT2D eigenvalue weighted by Crippen LogP contribution is 2.23. The van der Waals surface area contributed by atoms with E-state index in [0.717, 1.165) is 0 Å². The van der Waals surface area contributed by atoms with Crippen LogP contribution in [-0.4, -0.2) is 23.2 Å². The predicted molar refractivity (Wildman–Crippen MR) is 36.6 cm³/mol. The van der Waals surface area contributed by atoms with Crippen LogP contribution in [0.15, 0.2) is 0 Å². The average molecular weight is 184 g/mol. The fraction of sp³-hybridized carbons (Fsp3) is 0.857. The standard InChI is InChI=1S/C7H11F3O2/c1-2-5(11)3-4-6(12)7(8,9)10/h6,12H,2-4H2,1H3. The smallest absolute Gasteiger partial charge is 0.384 e. The summed E-state index contributed by atoms with van der Waals surface area (Å²) in [4.78, 5) is 10.6. The number of halogens is 3. The Balaban J connectivity index is 3.72. The first-order valence-corrected chi connectivity index (χ1v) is 3.64. The third-order valence-electron chi connectivity index (χ3n) is 1.47. The van der Waals surface area contributed by atoms with Gasteiger partial charge in [0.25, 0.3) is 0 Å². The molecule has 0 aliphatic heterocycles. The van der Waals surface area contributed by atoms with Crippen LogP contribution in [0.25, 0.3) is 0 Å². The van der Waals surface area contributed by atoms with Gasteiger partial charge in [-0.05, 0) is 6.42 Å². The molecular weight excluding hydrogens is 173 g/mol. The first-order chi connectivity index (χ1) is 5.38. The fourth-order valence-electron chi connectivity index (χ4n) is 0.638. The van der Waals surface area contributed by atoms with Crippen LogP contribution in [0.1, 0.15) is 26.2 Å². The number of rotatable bonds is 4. The van der Waals surface area contributed by atoms with Crippen LogP contribution in [-0.2, 0) is 4.79 Å². The third-order valence-corrected chi connectivity index (χ3v) is 1.47. The number of aliphatic hydroxyl groups is 1. The van der Waals surface area contributed by atoms with Gasteiger partial charge in [-0.2, -0.15) is 13.2 Å². The van der Waals surface area contributed by atoms with E-state index in [9.17, 15) is 18.0 Å². The molecule has 0 rings (SSSR count). The van der Waals surface area contributed by atoms with E-state index in [4.69, 9.17) is 5.11 Å². The monoisotopic (exact) mass is 184 g/mol. The molecule has 1 atom stereocenters. The first-order valence-electron chi connectivity index (χ1n) is 3.64. The summed E-state index contributed by atoms with van der Waals surface area (Å²) in [6.07, 6.45) is -7.50. The van der Waals surface area contributed by atoms with Crippen molar-refractivity contribution in [3.8, 4) is 0 Å². The number of alkyl halides is 3. The van der Waals surface area contributed by atoms with Gasteiger partial charge in [-0.3, -0.25) is 4.79 Å². The van der Waals surface area contributed by atoms with E-state index in [1.54, 1.807) is 6.92 Å². The van der Waals surface area contributed by atoms with E-state index in [-0.39, 0.29) is 18.6 Å². The third kappa shape index (κ3) is 4.33. The van der Waals surface area contributed by atoms with Crippen molar-refractivity contribution in [1.82, 2.24) is 0 Å². The Bertz CT molecular complexity index is 153. The maximum absolute atomic E-state index is 11.6. The molecule has 0 aromatic heterocycles. The van der Waals surface area contributed by atoms with E-state index < -0.39 is 18.7 Å². The number of Topliss-reactive ketones (excluding diaryl/α,β-unsaturated/α-hetero) is 1. The van der Waals surface area contributed by atoms with Gasteiger partial charge < -0.3 is 5.11 Å². The Morgan fingerprint density at radius 2 is 2.00 bits per heavy atom. The number of aliphatic hydroxyl groups excluding tert-OH is 1. The van der Waals surface area contributed by atoms with Crippen molar-refractivity contribution in [3.05, 3.63) is 0 Å². The minimum atomic E-state index is -4.60. The minimum absolute atomic E-state index is 0.211. The quantitative estimate of drug-likeness (QED) is 0.721. The number of carbonyl (C=O) groups excluding carboxylic acids is 1. The van der Waals surface area contributed by atoms with Crippen molar-refractivity contribution in [2.75, 3.05) is 0 Å². The Hall–Kier alpha value is -0.580. The molecule has 0 radical (unpaired) electrons. The molecule has 0 saturated carbocycles. The van der Waals surface area contributed by atoms with Crippen molar-refractivity contribution >= 4 is 5.78 Å². The molecule has 0 bridgehead atoms. The number of carbonyl (C=O) groups is 1. The highest BCUT2D eigenvalue weighted by atomic mass is 19.4. The molecule has 5 heteroatoms. The van der Waals surface area contributed by atoms with Crippen molar-refractivity contribution in [1.29, 1.82) is 0 Å². The SMILES string of the molecule is CCC(=O)CCC(O)C(F)(F)F. The second-order valence-electron chi connectivity index (χ2n) is 2.49. The van der Waals surface area contributed by atoms with E-state index in [1.807, 2.05) is 0 Å². The van der Waals surface area contributed by atoms with Crippen molar-refractivity contribution in [3.63, 3.8) is 0 Å². The molecule has 2 nitrogen and oxygen atoms in total. The molecule has 0 aliphatic rings. The zero-order chi connectivity index (χ0) is 9.78. The van der Waals surface area contributed by atoms with Gasteiger partial charge in [0, 0.05) is 12.8 Å². The van der Waals surface area contributed by atoms with Gasteiger partial charge in [-0.1, -0.05) is 6.92 Å². The minimum Gasteiger partial charge on any atom is -0.384 e. The summed E-state index contributed by atoms with van der Waals surface area (Å²) in [5.41, 5.74) is 0. The maximum Gasteiger partial charge on any atom is 0.414 e. The molecule has 1 unspecified atom stereocenters. The summed E-state index contributed by atoms with van der Waals surface area (Å²) in [6.45, 7) is 1.57. The second-order valence-corrected chi connectivity index (χ2v) is 2.49. The highest BCUT2D eigenvalue weighted by molar-refractivity contribution is 5.77. The Labute approximate surface area is 68.4 Å².